The van der Waals surface area contributed by atoms with Crippen LogP contribution in [0.15, 0.2) is 42.5 Å². The summed E-state index contributed by atoms with van der Waals surface area (Å²) in [5.41, 5.74) is 4.05. The molecule has 2 aromatic carbocycles. The molecule has 4 fully saturated rings. The van der Waals surface area contributed by atoms with E-state index in [0.29, 0.717) is 5.56 Å². The average Bonchev–Trinajstić information content (AvgIpc) is 2.89. The molecule has 6 rings (SSSR count). The predicted molar refractivity (Wildman–Crippen MR) is 141 cm³/mol. The molecule has 0 amide bonds. The second kappa shape index (κ2) is 11.1. The van der Waals surface area contributed by atoms with Crippen LogP contribution in [0.3, 0.4) is 0 Å². The molecule has 0 aliphatic heterocycles. The van der Waals surface area contributed by atoms with E-state index in [9.17, 15) is 4.79 Å². The lowest BCUT2D eigenvalue weighted by Crippen LogP contribution is -2.48. The molecule has 190 valence electrons. The van der Waals surface area contributed by atoms with E-state index in [1.54, 1.807) is 12.1 Å². The van der Waals surface area contributed by atoms with E-state index in [4.69, 9.17) is 14.6 Å². The lowest BCUT2D eigenvalue weighted by atomic mass is 9.48. The number of carbonyl (C=O) groups excluding carboxylic acids is 1. The molecule has 0 radical (unpaired) electrons. The van der Waals surface area contributed by atoms with Gasteiger partial charge in [-0.25, -0.2) is 4.79 Å². The Kier molecular flexibility index (Phi) is 7.67. The van der Waals surface area contributed by atoms with E-state index >= 15 is 0 Å². The Labute approximate surface area is 215 Å². The van der Waals surface area contributed by atoms with Gasteiger partial charge in [0.25, 0.3) is 0 Å². The van der Waals surface area contributed by atoms with Gasteiger partial charge in [-0.15, -0.1) is 0 Å². The molecule has 0 aromatic heterocycles. The Balaban J connectivity index is 1.38. The number of aliphatic hydroxyl groups is 1. The molecular formula is C32H38O4. The van der Waals surface area contributed by atoms with E-state index in [-0.39, 0.29) is 18.0 Å². The van der Waals surface area contributed by atoms with Crippen molar-refractivity contribution < 1.29 is 19.4 Å². The van der Waals surface area contributed by atoms with Crippen molar-refractivity contribution in [3.63, 3.8) is 0 Å². The molecule has 2 aromatic rings. The van der Waals surface area contributed by atoms with Gasteiger partial charge in [0.2, 0.25) is 0 Å². The highest BCUT2D eigenvalue weighted by atomic mass is 16.5. The second-order valence-electron chi connectivity index (χ2n) is 11.2. The maximum absolute atomic E-state index is 11.7. The molecule has 4 saturated carbocycles. The average molecular weight is 487 g/mol. The molecule has 0 unspecified atom stereocenters. The van der Waals surface area contributed by atoms with Crippen LogP contribution in [0, 0.1) is 29.6 Å². The summed E-state index contributed by atoms with van der Waals surface area (Å²) in [4.78, 5) is 11.7. The third-order valence-electron chi connectivity index (χ3n) is 8.56. The van der Waals surface area contributed by atoms with Gasteiger partial charge in [-0.1, -0.05) is 18.3 Å². The van der Waals surface area contributed by atoms with Crippen LogP contribution >= 0.6 is 0 Å². The van der Waals surface area contributed by atoms with Gasteiger partial charge in [0, 0.05) is 23.3 Å². The molecule has 4 bridgehead atoms. The smallest absolute Gasteiger partial charge is 0.337 e. The minimum atomic E-state index is -0.335. The summed E-state index contributed by atoms with van der Waals surface area (Å²) in [7, 11) is 1.39. The van der Waals surface area contributed by atoms with E-state index in [0.717, 1.165) is 66.9 Å². The number of ether oxygens (including phenoxy) is 2. The fourth-order valence-electron chi connectivity index (χ4n) is 7.29. The molecule has 0 saturated heterocycles. The lowest BCUT2D eigenvalue weighted by Gasteiger charge is -2.57. The van der Waals surface area contributed by atoms with Gasteiger partial charge in [0.05, 0.1) is 19.3 Å². The van der Waals surface area contributed by atoms with Crippen LogP contribution in [0.5, 0.6) is 5.75 Å². The first kappa shape index (κ1) is 24.9. The number of methoxy groups -OCH3 is 1. The van der Waals surface area contributed by atoms with Crippen LogP contribution in [-0.4, -0.2) is 31.4 Å². The number of hydrogen-bond acceptors (Lipinski definition) is 4. The molecule has 0 heterocycles. The lowest BCUT2D eigenvalue weighted by molar-refractivity contribution is -0.00641. The van der Waals surface area contributed by atoms with E-state index in [2.05, 4.69) is 30.0 Å². The fourth-order valence-corrected chi connectivity index (χ4v) is 7.29. The van der Waals surface area contributed by atoms with Crippen LogP contribution in [0.4, 0.5) is 0 Å². The molecule has 4 aliphatic rings. The Morgan fingerprint density at radius 3 is 2.14 bits per heavy atom. The number of hydrogen-bond donors (Lipinski definition) is 1. The number of carbonyl (C=O) groups is 1. The van der Waals surface area contributed by atoms with Crippen molar-refractivity contribution in [3.05, 3.63) is 64.7 Å². The van der Waals surface area contributed by atoms with Crippen LogP contribution < -0.4 is 4.74 Å². The van der Waals surface area contributed by atoms with E-state index in [1.165, 1.54) is 51.2 Å². The first-order chi connectivity index (χ1) is 17.6. The fraction of sp³-hybridized carbons (Fsp3) is 0.531. The van der Waals surface area contributed by atoms with Crippen molar-refractivity contribution in [3.8, 4) is 17.6 Å². The van der Waals surface area contributed by atoms with Crippen molar-refractivity contribution in [2.75, 3.05) is 20.3 Å². The van der Waals surface area contributed by atoms with Gasteiger partial charge >= 0.3 is 5.97 Å². The highest BCUT2D eigenvalue weighted by Crippen LogP contribution is 2.62. The maximum atomic E-state index is 11.7. The molecule has 1 N–H and O–H groups in total. The molecule has 4 heteroatoms. The third kappa shape index (κ3) is 5.47. The van der Waals surface area contributed by atoms with E-state index in [1.807, 2.05) is 12.1 Å². The standard InChI is InChI=1S/C32H38O4/c1-35-31(34)28-11-8-23(9-12-28)6-7-24-10-13-30(36-15-5-3-2-4-14-33)29(19-24)32-20-25-16-26(21-32)18-27(17-25)22-32/h8-13,19,25-27,33H,2-5,14-18,20-22H2,1H3. The number of unbranched alkanes of at least 4 members (excludes halogenated alkanes) is 3. The minimum absolute atomic E-state index is 0.237. The van der Waals surface area contributed by atoms with Gasteiger partial charge < -0.3 is 14.6 Å². The van der Waals surface area contributed by atoms with Gasteiger partial charge in [-0.05, 0) is 123 Å². The van der Waals surface area contributed by atoms with Gasteiger partial charge in [-0.2, -0.15) is 0 Å². The van der Waals surface area contributed by atoms with Crippen molar-refractivity contribution in [1.82, 2.24) is 0 Å². The summed E-state index contributed by atoms with van der Waals surface area (Å²) in [5, 5.41) is 9.01. The predicted octanol–water partition coefficient (Wildman–Crippen LogP) is 6.27. The van der Waals surface area contributed by atoms with Crippen LogP contribution in [0.1, 0.15) is 91.3 Å². The topological polar surface area (TPSA) is 55.8 Å². The van der Waals surface area contributed by atoms with E-state index < -0.39 is 0 Å². The first-order valence-electron chi connectivity index (χ1n) is 13.7. The van der Waals surface area contributed by atoms with Crippen LogP contribution in [0.25, 0.3) is 0 Å². The molecule has 4 nitrogen and oxygen atoms in total. The maximum Gasteiger partial charge on any atom is 0.337 e. The first-order valence-corrected chi connectivity index (χ1v) is 13.7. The number of esters is 1. The van der Waals surface area contributed by atoms with Gasteiger partial charge in [-0.3, -0.25) is 0 Å². The number of rotatable bonds is 9. The zero-order chi connectivity index (χ0) is 25.0. The summed E-state index contributed by atoms with van der Waals surface area (Å²) >= 11 is 0. The van der Waals surface area contributed by atoms with Crippen LogP contribution in [-0.2, 0) is 10.2 Å². The number of aliphatic hydroxyl groups excluding tert-OH is 1. The summed E-state index contributed by atoms with van der Waals surface area (Å²) < 4.78 is 11.2. The summed E-state index contributed by atoms with van der Waals surface area (Å²) in [5.74, 6) is 9.96. The zero-order valence-corrected chi connectivity index (χ0v) is 21.4. The van der Waals surface area contributed by atoms with Crippen molar-refractivity contribution in [2.24, 2.45) is 17.8 Å². The second-order valence-corrected chi connectivity index (χ2v) is 11.2. The van der Waals surface area contributed by atoms with Crippen molar-refractivity contribution in [1.29, 1.82) is 0 Å². The zero-order valence-electron chi connectivity index (χ0n) is 21.4. The highest BCUT2D eigenvalue weighted by Gasteiger charge is 2.52. The Morgan fingerprint density at radius 2 is 1.50 bits per heavy atom. The summed E-state index contributed by atoms with van der Waals surface area (Å²) in [6.45, 7) is 0.997. The molecule has 4 aliphatic carbocycles. The number of benzene rings is 2. The highest BCUT2D eigenvalue weighted by molar-refractivity contribution is 5.89. The van der Waals surface area contributed by atoms with Gasteiger partial charge in [0.15, 0.2) is 0 Å². The Hall–Kier alpha value is -2.77. The molecule has 0 atom stereocenters. The molecule has 0 spiro atoms. The normalized spacial score (nSPS) is 25.8. The monoisotopic (exact) mass is 486 g/mol. The van der Waals surface area contributed by atoms with Crippen molar-refractivity contribution >= 4 is 5.97 Å². The molecule has 36 heavy (non-hydrogen) atoms. The minimum Gasteiger partial charge on any atom is -0.493 e. The van der Waals surface area contributed by atoms with Crippen LogP contribution in [0.2, 0.25) is 0 Å². The SMILES string of the molecule is COC(=O)c1ccc(C#Cc2ccc(OCCCCCCO)c(C34CC5CC(CC(C5)C3)C4)c2)cc1. The van der Waals surface area contributed by atoms with Gasteiger partial charge in [0.1, 0.15) is 5.75 Å². The Bertz CT molecular complexity index is 1090. The summed E-state index contributed by atoms with van der Waals surface area (Å²) in [6.07, 6.45) is 12.2. The molecular weight excluding hydrogens is 448 g/mol. The van der Waals surface area contributed by atoms with Crippen molar-refractivity contribution in [2.45, 2.75) is 69.6 Å². The summed E-state index contributed by atoms with van der Waals surface area (Å²) in [6, 6.07) is 13.8. The third-order valence-corrected chi connectivity index (χ3v) is 8.56. The largest absolute Gasteiger partial charge is 0.493 e. The Morgan fingerprint density at radius 1 is 0.889 bits per heavy atom. The quantitative estimate of drug-likeness (QED) is 0.258.